The molecule has 4 rings (SSSR count). The quantitative estimate of drug-likeness (QED) is 0.545. The highest BCUT2D eigenvalue weighted by Crippen LogP contribution is 2.24. The Balaban J connectivity index is 1.44. The lowest BCUT2D eigenvalue weighted by Crippen LogP contribution is -2.53. The fourth-order valence-corrected chi connectivity index (χ4v) is 4.44. The number of aryl methyl sites for hydroxylation is 2. The Kier molecular flexibility index (Phi) is 7.65. The van der Waals surface area contributed by atoms with Crippen LogP contribution in [0.25, 0.3) is 0 Å². The highest BCUT2D eigenvalue weighted by molar-refractivity contribution is 5.98. The molecule has 1 aromatic heterocycles. The van der Waals surface area contributed by atoms with Gasteiger partial charge >= 0.3 is 0 Å². The van der Waals surface area contributed by atoms with Gasteiger partial charge in [-0.2, -0.15) is 0 Å². The van der Waals surface area contributed by atoms with Gasteiger partial charge in [0.15, 0.2) is 0 Å². The van der Waals surface area contributed by atoms with E-state index in [-0.39, 0.29) is 30.2 Å². The van der Waals surface area contributed by atoms with Crippen molar-refractivity contribution in [3.8, 4) is 0 Å². The molecule has 1 saturated heterocycles. The van der Waals surface area contributed by atoms with Gasteiger partial charge in [-0.05, 0) is 68.5 Å². The second-order valence-electron chi connectivity index (χ2n) is 9.06. The van der Waals surface area contributed by atoms with E-state index in [1.165, 1.54) is 0 Å². The number of nitrogens with zero attached hydrogens (tertiary/aromatic N) is 1. The molecule has 0 aliphatic carbocycles. The SMILES string of the molecule is Cc1ccc(C(=O)NC(C(=O)NCc2ccco2)C2CCN(C(=O)c3ccccc3C)CC2)cc1. The first-order valence-electron chi connectivity index (χ1n) is 11.9. The molecule has 0 spiro atoms. The Morgan fingerprint density at radius 3 is 2.34 bits per heavy atom. The summed E-state index contributed by atoms with van der Waals surface area (Å²) >= 11 is 0. The lowest BCUT2D eigenvalue weighted by Gasteiger charge is -2.36. The Morgan fingerprint density at radius 1 is 0.971 bits per heavy atom. The summed E-state index contributed by atoms with van der Waals surface area (Å²) in [6.45, 7) is 5.19. The summed E-state index contributed by atoms with van der Waals surface area (Å²) in [6.07, 6.45) is 2.79. The fourth-order valence-electron chi connectivity index (χ4n) is 4.44. The van der Waals surface area contributed by atoms with Crippen LogP contribution in [0.15, 0.2) is 71.3 Å². The zero-order valence-corrected chi connectivity index (χ0v) is 20.1. The van der Waals surface area contributed by atoms with Gasteiger partial charge in [-0.15, -0.1) is 0 Å². The summed E-state index contributed by atoms with van der Waals surface area (Å²) in [6, 6.07) is 17.7. The topological polar surface area (TPSA) is 91.7 Å². The molecule has 182 valence electrons. The highest BCUT2D eigenvalue weighted by atomic mass is 16.3. The van der Waals surface area contributed by atoms with Gasteiger partial charge in [0.2, 0.25) is 5.91 Å². The Morgan fingerprint density at radius 2 is 1.69 bits per heavy atom. The molecule has 1 fully saturated rings. The first-order valence-corrected chi connectivity index (χ1v) is 11.9. The van der Waals surface area contributed by atoms with Gasteiger partial charge in [0.05, 0.1) is 12.8 Å². The molecule has 3 aromatic rings. The molecule has 1 aliphatic rings. The molecule has 3 amide bonds. The third-order valence-corrected chi connectivity index (χ3v) is 6.57. The van der Waals surface area contributed by atoms with Crippen LogP contribution in [-0.2, 0) is 11.3 Å². The maximum Gasteiger partial charge on any atom is 0.254 e. The van der Waals surface area contributed by atoms with E-state index in [0.717, 1.165) is 11.1 Å². The number of rotatable bonds is 7. The number of benzene rings is 2. The van der Waals surface area contributed by atoms with Crippen LogP contribution in [0.2, 0.25) is 0 Å². The molecule has 2 aromatic carbocycles. The fraction of sp³-hybridized carbons (Fsp3) is 0.321. The molecular formula is C28H31N3O4. The van der Waals surface area contributed by atoms with Gasteiger partial charge in [0, 0.05) is 24.2 Å². The van der Waals surface area contributed by atoms with Crippen molar-refractivity contribution < 1.29 is 18.8 Å². The molecule has 2 heterocycles. The van der Waals surface area contributed by atoms with E-state index in [0.29, 0.717) is 42.8 Å². The van der Waals surface area contributed by atoms with Crippen molar-refractivity contribution in [1.82, 2.24) is 15.5 Å². The summed E-state index contributed by atoms with van der Waals surface area (Å²) in [4.78, 5) is 41.0. The number of furan rings is 1. The van der Waals surface area contributed by atoms with Gasteiger partial charge in [-0.1, -0.05) is 35.9 Å². The number of hydrogen-bond donors (Lipinski definition) is 2. The van der Waals surface area contributed by atoms with Crippen molar-refractivity contribution in [3.63, 3.8) is 0 Å². The molecule has 2 N–H and O–H groups in total. The maximum atomic E-state index is 13.2. The normalized spacial score (nSPS) is 14.9. The number of likely N-dealkylation sites (tertiary alicyclic amines) is 1. The molecular weight excluding hydrogens is 442 g/mol. The van der Waals surface area contributed by atoms with E-state index >= 15 is 0 Å². The van der Waals surface area contributed by atoms with Crippen molar-refractivity contribution in [2.45, 2.75) is 39.3 Å². The number of amides is 3. The largest absolute Gasteiger partial charge is 0.467 e. The standard InChI is InChI=1S/C28H31N3O4/c1-19-9-11-22(12-10-19)26(32)30-25(27(33)29-18-23-7-5-17-35-23)21-13-15-31(16-14-21)28(34)24-8-4-3-6-20(24)2/h3-12,17,21,25H,13-16,18H2,1-2H3,(H,29,33)(H,30,32). The second kappa shape index (κ2) is 11.0. The predicted molar refractivity (Wildman–Crippen MR) is 133 cm³/mol. The maximum absolute atomic E-state index is 13.2. The molecule has 1 unspecified atom stereocenters. The monoisotopic (exact) mass is 473 g/mol. The van der Waals surface area contributed by atoms with Crippen molar-refractivity contribution in [2.75, 3.05) is 13.1 Å². The van der Waals surface area contributed by atoms with Gasteiger partial charge in [0.25, 0.3) is 11.8 Å². The molecule has 0 bridgehead atoms. The molecule has 35 heavy (non-hydrogen) atoms. The molecule has 0 saturated carbocycles. The van der Waals surface area contributed by atoms with Crippen LogP contribution in [0, 0.1) is 19.8 Å². The first kappa shape index (κ1) is 24.3. The zero-order chi connectivity index (χ0) is 24.8. The minimum atomic E-state index is -0.713. The third-order valence-electron chi connectivity index (χ3n) is 6.57. The van der Waals surface area contributed by atoms with Crippen molar-refractivity contribution >= 4 is 17.7 Å². The zero-order valence-electron chi connectivity index (χ0n) is 20.1. The number of hydrogen-bond acceptors (Lipinski definition) is 4. The van der Waals surface area contributed by atoms with Gasteiger partial charge in [-0.25, -0.2) is 0 Å². The van der Waals surface area contributed by atoms with Crippen LogP contribution in [0.4, 0.5) is 0 Å². The summed E-state index contributed by atoms with van der Waals surface area (Å²) in [5.41, 5.74) is 3.21. The van der Waals surface area contributed by atoms with E-state index < -0.39 is 6.04 Å². The molecule has 0 radical (unpaired) electrons. The Bertz CT molecular complexity index is 1160. The van der Waals surface area contributed by atoms with E-state index in [4.69, 9.17) is 4.42 Å². The van der Waals surface area contributed by atoms with Crippen molar-refractivity contribution in [1.29, 1.82) is 0 Å². The van der Waals surface area contributed by atoms with Gasteiger partial charge in [-0.3, -0.25) is 14.4 Å². The Labute approximate surface area is 205 Å². The minimum Gasteiger partial charge on any atom is -0.467 e. The minimum absolute atomic E-state index is 0.00376. The highest BCUT2D eigenvalue weighted by Gasteiger charge is 2.34. The van der Waals surface area contributed by atoms with Crippen LogP contribution in [0.3, 0.4) is 0 Å². The van der Waals surface area contributed by atoms with Gasteiger partial charge < -0.3 is 20.0 Å². The van der Waals surface area contributed by atoms with E-state index in [1.54, 1.807) is 30.5 Å². The number of carbonyl (C=O) groups is 3. The third kappa shape index (κ3) is 5.98. The molecule has 1 atom stereocenters. The van der Waals surface area contributed by atoms with E-state index in [9.17, 15) is 14.4 Å². The second-order valence-corrected chi connectivity index (χ2v) is 9.06. The average molecular weight is 474 g/mol. The summed E-state index contributed by atoms with van der Waals surface area (Å²) in [7, 11) is 0. The molecule has 7 nitrogen and oxygen atoms in total. The molecule has 7 heteroatoms. The van der Waals surface area contributed by atoms with Crippen LogP contribution < -0.4 is 10.6 Å². The van der Waals surface area contributed by atoms with Crippen LogP contribution in [0.5, 0.6) is 0 Å². The summed E-state index contributed by atoms with van der Waals surface area (Å²) in [5, 5.41) is 5.84. The number of piperidine rings is 1. The van der Waals surface area contributed by atoms with E-state index in [2.05, 4.69) is 10.6 Å². The van der Waals surface area contributed by atoms with Crippen LogP contribution in [-0.4, -0.2) is 41.8 Å². The van der Waals surface area contributed by atoms with Crippen molar-refractivity contribution in [3.05, 3.63) is 94.9 Å². The van der Waals surface area contributed by atoms with Crippen molar-refractivity contribution in [2.24, 2.45) is 5.92 Å². The smallest absolute Gasteiger partial charge is 0.254 e. The number of nitrogens with one attached hydrogen (secondary N) is 2. The molecule has 1 aliphatic heterocycles. The first-order chi connectivity index (χ1) is 16.9. The Hall–Kier alpha value is -3.87. The van der Waals surface area contributed by atoms with Crippen LogP contribution >= 0.6 is 0 Å². The summed E-state index contributed by atoms with van der Waals surface area (Å²) in [5.74, 6) is -0.00121. The van der Waals surface area contributed by atoms with E-state index in [1.807, 2.05) is 55.1 Å². The van der Waals surface area contributed by atoms with Crippen LogP contribution in [0.1, 0.15) is 50.4 Å². The number of carbonyl (C=O) groups excluding carboxylic acids is 3. The lowest BCUT2D eigenvalue weighted by molar-refractivity contribution is -0.124. The van der Waals surface area contributed by atoms with Gasteiger partial charge in [0.1, 0.15) is 11.8 Å². The average Bonchev–Trinajstić information content (AvgIpc) is 3.40. The predicted octanol–water partition coefficient (Wildman–Crippen LogP) is 3.86. The lowest BCUT2D eigenvalue weighted by atomic mass is 9.88. The summed E-state index contributed by atoms with van der Waals surface area (Å²) < 4.78 is 5.32.